The average Bonchev–Trinajstić information content (AvgIpc) is 2.69. The van der Waals surface area contributed by atoms with Gasteiger partial charge < -0.3 is 5.32 Å². The van der Waals surface area contributed by atoms with E-state index < -0.39 is 31.8 Å². The van der Waals surface area contributed by atoms with E-state index in [0.717, 1.165) is 18.4 Å². The van der Waals surface area contributed by atoms with Crippen LogP contribution in [-0.4, -0.2) is 52.4 Å². The number of nitrogens with zero attached hydrogens (tertiary/aromatic N) is 1. The minimum Gasteiger partial charge on any atom is -0.348 e. The highest BCUT2D eigenvalue weighted by molar-refractivity contribution is 7.92. The summed E-state index contributed by atoms with van der Waals surface area (Å²) < 4.78 is 65.7. The molecule has 168 valence electrons. The van der Waals surface area contributed by atoms with Crippen LogP contribution in [0.2, 0.25) is 0 Å². The molecule has 3 rings (SSSR count). The van der Waals surface area contributed by atoms with Crippen molar-refractivity contribution in [3.05, 3.63) is 59.4 Å². The number of piperidine rings is 1. The van der Waals surface area contributed by atoms with Crippen molar-refractivity contribution < 1.29 is 26.0 Å². The first kappa shape index (κ1) is 23.2. The Balaban J connectivity index is 1.78. The summed E-state index contributed by atoms with van der Waals surface area (Å²) in [7, 11) is -7.36. The molecule has 2 N–H and O–H groups in total. The first-order chi connectivity index (χ1) is 14.5. The van der Waals surface area contributed by atoms with Gasteiger partial charge in [-0.15, -0.1) is 0 Å². The number of anilines is 1. The fraction of sp³-hybridized carbons (Fsp3) is 0.350. The predicted molar refractivity (Wildman–Crippen MR) is 115 cm³/mol. The lowest BCUT2D eigenvalue weighted by molar-refractivity contribution is 0.0920. The van der Waals surface area contributed by atoms with Crippen LogP contribution in [0.5, 0.6) is 0 Å². The van der Waals surface area contributed by atoms with Gasteiger partial charge in [0.2, 0.25) is 10.0 Å². The lowest BCUT2D eigenvalue weighted by Crippen LogP contribution is -2.49. The van der Waals surface area contributed by atoms with Crippen molar-refractivity contribution in [3.63, 3.8) is 0 Å². The molecule has 0 aliphatic carbocycles. The topological polar surface area (TPSA) is 113 Å². The van der Waals surface area contributed by atoms with Crippen molar-refractivity contribution >= 4 is 31.6 Å². The van der Waals surface area contributed by atoms with Gasteiger partial charge in [0.15, 0.2) is 0 Å². The molecule has 11 heteroatoms. The van der Waals surface area contributed by atoms with Crippen molar-refractivity contribution in [3.8, 4) is 0 Å². The Kier molecular flexibility index (Phi) is 6.68. The van der Waals surface area contributed by atoms with E-state index >= 15 is 0 Å². The van der Waals surface area contributed by atoms with Gasteiger partial charge in [0.05, 0.1) is 11.2 Å². The molecule has 8 nitrogen and oxygen atoms in total. The Labute approximate surface area is 181 Å². The number of nitrogens with one attached hydrogen (secondary N) is 2. The Morgan fingerprint density at radius 2 is 1.77 bits per heavy atom. The lowest BCUT2D eigenvalue weighted by Gasteiger charge is -2.31. The number of halogens is 1. The van der Waals surface area contributed by atoms with Crippen molar-refractivity contribution in [2.45, 2.75) is 30.7 Å². The molecular weight excluding hydrogens is 445 g/mol. The van der Waals surface area contributed by atoms with Gasteiger partial charge in [0.1, 0.15) is 5.82 Å². The molecule has 0 radical (unpaired) electrons. The second-order valence-electron chi connectivity index (χ2n) is 7.52. The number of benzene rings is 2. The zero-order valence-electron chi connectivity index (χ0n) is 17.1. The van der Waals surface area contributed by atoms with Crippen LogP contribution in [-0.2, 0) is 20.0 Å². The maximum absolute atomic E-state index is 13.1. The molecule has 1 aliphatic heterocycles. The van der Waals surface area contributed by atoms with Gasteiger partial charge in [-0.1, -0.05) is 6.07 Å². The average molecular weight is 470 g/mol. The Morgan fingerprint density at radius 3 is 2.42 bits per heavy atom. The number of carbonyl (C=O) groups excluding carboxylic acids is 1. The second kappa shape index (κ2) is 8.93. The maximum Gasteiger partial charge on any atom is 0.261 e. The SMILES string of the molecule is Cc1ccc(S(=O)(=O)Nc2ccc(F)cc2)cc1C(=O)NC1CCCN(S(C)(=O)=O)C1. The van der Waals surface area contributed by atoms with Gasteiger partial charge in [0.25, 0.3) is 15.9 Å². The van der Waals surface area contributed by atoms with E-state index in [1.54, 1.807) is 6.92 Å². The summed E-state index contributed by atoms with van der Waals surface area (Å²) in [4.78, 5) is 12.7. The number of amides is 1. The largest absolute Gasteiger partial charge is 0.348 e. The zero-order valence-corrected chi connectivity index (χ0v) is 18.8. The molecule has 0 bridgehead atoms. The highest BCUT2D eigenvalue weighted by Crippen LogP contribution is 2.21. The second-order valence-corrected chi connectivity index (χ2v) is 11.2. The van der Waals surface area contributed by atoms with E-state index in [0.29, 0.717) is 24.9 Å². The van der Waals surface area contributed by atoms with Crippen LogP contribution in [0.4, 0.5) is 10.1 Å². The van der Waals surface area contributed by atoms with Crippen molar-refractivity contribution in [1.29, 1.82) is 0 Å². The molecule has 2 aromatic rings. The van der Waals surface area contributed by atoms with Crippen LogP contribution in [0.1, 0.15) is 28.8 Å². The molecular formula is C20H24FN3O5S2. The normalized spacial score (nSPS) is 17.8. The van der Waals surface area contributed by atoms with E-state index in [1.165, 1.54) is 34.6 Å². The maximum atomic E-state index is 13.1. The summed E-state index contributed by atoms with van der Waals surface area (Å²) in [6.07, 6.45) is 2.37. The number of rotatable bonds is 6. The van der Waals surface area contributed by atoms with Gasteiger partial charge in [-0.25, -0.2) is 25.5 Å². The number of hydrogen-bond donors (Lipinski definition) is 2. The highest BCUT2D eigenvalue weighted by atomic mass is 32.2. The van der Waals surface area contributed by atoms with Gasteiger partial charge in [-0.2, -0.15) is 0 Å². The monoisotopic (exact) mass is 469 g/mol. The van der Waals surface area contributed by atoms with Crippen molar-refractivity contribution in [2.24, 2.45) is 0 Å². The molecule has 2 aromatic carbocycles. The van der Waals surface area contributed by atoms with Gasteiger partial charge in [0, 0.05) is 30.4 Å². The Hall–Kier alpha value is -2.50. The Bertz CT molecular complexity index is 1180. The molecule has 1 unspecified atom stereocenters. The standard InChI is InChI=1S/C20H24FN3O5S2/c1-14-5-10-18(31(28,29)23-16-8-6-15(21)7-9-16)12-19(14)20(25)22-17-4-3-11-24(13-17)30(2,26)27/h5-10,12,17,23H,3-4,11,13H2,1-2H3,(H,22,25). The Morgan fingerprint density at radius 1 is 1.10 bits per heavy atom. The summed E-state index contributed by atoms with van der Waals surface area (Å²) in [5.41, 5.74) is 0.948. The molecule has 1 atom stereocenters. The summed E-state index contributed by atoms with van der Waals surface area (Å²) >= 11 is 0. The summed E-state index contributed by atoms with van der Waals surface area (Å²) in [5.74, 6) is -0.967. The van der Waals surface area contributed by atoms with Crippen LogP contribution < -0.4 is 10.0 Å². The number of hydrogen-bond acceptors (Lipinski definition) is 5. The summed E-state index contributed by atoms with van der Waals surface area (Å²) in [6, 6.07) is 8.67. The van der Waals surface area contributed by atoms with Crippen LogP contribution in [0.25, 0.3) is 0 Å². The molecule has 0 spiro atoms. The fourth-order valence-electron chi connectivity index (χ4n) is 3.37. The van der Waals surface area contributed by atoms with Crippen molar-refractivity contribution in [2.75, 3.05) is 24.1 Å². The molecule has 1 heterocycles. The van der Waals surface area contributed by atoms with E-state index in [9.17, 15) is 26.0 Å². The third-order valence-electron chi connectivity index (χ3n) is 5.05. The zero-order chi connectivity index (χ0) is 22.8. The third kappa shape index (κ3) is 5.81. The van der Waals surface area contributed by atoms with Gasteiger partial charge >= 0.3 is 0 Å². The first-order valence-corrected chi connectivity index (χ1v) is 12.9. The van der Waals surface area contributed by atoms with Crippen LogP contribution in [0.3, 0.4) is 0 Å². The third-order valence-corrected chi connectivity index (χ3v) is 7.70. The summed E-state index contributed by atoms with van der Waals surface area (Å²) in [5, 5.41) is 2.81. The molecule has 31 heavy (non-hydrogen) atoms. The van der Waals surface area contributed by atoms with Crippen molar-refractivity contribution in [1.82, 2.24) is 9.62 Å². The molecule has 1 amide bonds. The lowest BCUT2D eigenvalue weighted by atomic mass is 10.0. The first-order valence-electron chi connectivity index (χ1n) is 9.61. The minimum absolute atomic E-state index is 0.117. The van der Waals surface area contributed by atoms with E-state index in [2.05, 4.69) is 10.0 Å². The van der Waals surface area contributed by atoms with Crippen LogP contribution >= 0.6 is 0 Å². The predicted octanol–water partition coefficient (Wildman–Crippen LogP) is 2.09. The highest BCUT2D eigenvalue weighted by Gasteiger charge is 2.27. The molecule has 0 aromatic heterocycles. The summed E-state index contributed by atoms with van der Waals surface area (Å²) in [6.45, 7) is 2.27. The number of carbonyl (C=O) groups is 1. The smallest absolute Gasteiger partial charge is 0.261 e. The quantitative estimate of drug-likeness (QED) is 0.673. The van der Waals surface area contributed by atoms with Gasteiger partial charge in [-0.05, 0) is 61.7 Å². The molecule has 0 saturated carbocycles. The molecule has 1 aliphatic rings. The number of sulfonamides is 2. The van der Waals surface area contributed by atoms with E-state index in [1.807, 2.05) is 0 Å². The fourth-order valence-corrected chi connectivity index (χ4v) is 5.37. The van der Waals surface area contributed by atoms with Gasteiger partial charge in [-0.3, -0.25) is 9.52 Å². The van der Waals surface area contributed by atoms with E-state index in [-0.39, 0.29) is 28.7 Å². The minimum atomic E-state index is -4.00. The van der Waals surface area contributed by atoms with E-state index in [4.69, 9.17) is 0 Å². The van der Waals surface area contributed by atoms with Crippen LogP contribution in [0.15, 0.2) is 47.4 Å². The molecule has 1 saturated heterocycles. The van der Waals surface area contributed by atoms with Crippen LogP contribution in [0, 0.1) is 12.7 Å². The number of aryl methyl sites for hydroxylation is 1. The molecule has 1 fully saturated rings.